The number of alkyl halides is 2. The van der Waals surface area contributed by atoms with E-state index in [1.165, 1.54) is 0 Å². The van der Waals surface area contributed by atoms with Crippen molar-refractivity contribution in [3.8, 4) is 0 Å². The molecule has 0 radical (unpaired) electrons. The zero-order chi connectivity index (χ0) is 10.1. The third-order valence-electron chi connectivity index (χ3n) is 2.81. The van der Waals surface area contributed by atoms with Crippen LogP contribution in [0, 0.1) is 11.8 Å². The van der Waals surface area contributed by atoms with Crippen LogP contribution in [0.5, 0.6) is 0 Å². The molecule has 13 heavy (non-hydrogen) atoms. The average molecular weight is 192 g/mol. The molecule has 76 valence electrons. The molecule has 0 spiro atoms. The SMILES string of the molecule is CCC(C(=O)O)C1CCCC1(F)F. The van der Waals surface area contributed by atoms with Crippen molar-refractivity contribution in [1.82, 2.24) is 0 Å². The first-order valence-electron chi connectivity index (χ1n) is 4.59. The molecule has 1 fully saturated rings. The third-order valence-corrected chi connectivity index (χ3v) is 2.81. The van der Waals surface area contributed by atoms with Crippen LogP contribution in [-0.4, -0.2) is 17.0 Å². The fraction of sp³-hybridized carbons (Fsp3) is 0.889. The second-order valence-electron chi connectivity index (χ2n) is 3.61. The number of carboxylic acid groups (broad SMARTS) is 1. The van der Waals surface area contributed by atoms with Crippen LogP contribution in [0.1, 0.15) is 32.6 Å². The summed E-state index contributed by atoms with van der Waals surface area (Å²) in [7, 11) is 0. The number of halogens is 2. The van der Waals surface area contributed by atoms with Crippen molar-refractivity contribution >= 4 is 5.97 Å². The van der Waals surface area contributed by atoms with E-state index in [1.54, 1.807) is 6.92 Å². The van der Waals surface area contributed by atoms with Gasteiger partial charge in [0.25, 0.3) is 5.92 Å². The van der Waals surface area contributed by atoms with Crippen LogP contribution in [0.2, 0.25) is 0 Å². The summed E-state index contributed by atoms with van der Waals surface area (Å²) in [5, 5.41) is 8.73. The average Bonchev–Trinajstić information content (AvgIpc) is 2.32. The Morgan fingerprint density at radius 1 is 1.69 bits per heavy atom. The van der Waals surface area contributed by atoms with Crippen LogP contribution in [-0.2, 0) is 4.79 Å². The van der Waals surface area contributed by atoms with E-state index in [1.807, 2.05) is 0 Å². The van der Waals surface area contributed by atoms with Gasteiger partial charge in [0.1, 0.15) is 0 Å². The molecule has 1 aliphatic rings. The fourth-order valence-corrected chi connectivity index (χ4v) is 2.08. The van der Waals surface area contributed by atoms with Gasteiger partial charge in [-0.25, -0.2) is 8.78 Å². The van der Waals surface area contributed by atoms with Gasteiger partial charge in [-0.15, -0.1) is 0 Å². The van der Waals surface area contributed by atoms with E-state index < -0.39 is 23.7 Å². The van der Waals surface area contributed by atoms with Crippen LogP contribution in [0.15, 0.2) is 0 Å². The Morgan fingerprint density at radius 2 is 2.31 bits per heavy atom. The summed E-state index contributed by atoms with van der Waals surface area (Å²) in [5.74, 6) is -5.68. The summed E-state index contributed by atoms with van der Waals surface area (Å²) in [4.78, 5) is 10.7. The Bertz CT molecular complexity index is 204. The highest BCUT2D eigenvalue weighted by Gasteiger charge is 2.49. The van der Waals surface area contributed by atoms with Crippen LogP contribution < -0.4 is 0 Å². The van der Waals surface area contributed by atoms with E-state index in [0.29, 0.717) is 12.8 Å². The Balaban J connectivity index is 2.74. The molecule has 0 aromatic rings. The molecule has 0 bridgehead atoms. The van der Waals surface area contributed by atoms with Crippen molar-refractivity contribution in [2.45, 2.75) is 38.5 Å². The monoisotopic (exact) mass is 192 g/mol. The van der Waals surface area contributed by atoms with Gasteiger partial charge in [-0.3, -0.25) is 4.79 Å². The molecule has 0 aromatic carbocycles. The maximum atomic E-state index is 13.1. The predicted octanol–water partition coefficient (Wildman–Crippen LogP) is 2.53. The number of hydrogen-bond donors (Lipinski definition) is 1. The smallest absolute Gasteiger partial charge is 0.306 e. The van der Waals surface area contributed by atoms with Gasteiger partial charge in [0.05, 0.1) is 5.92 Å². The van der Waals surface area contributed by atoms with Gasteiger partial charge in [-0.05, 0) is 19.3 Å². The fourth-order valence-electron chi connectivity index (χ4n) is 2.08. The predicted molar refractivity (Wildman–Crippen MR) is 43.7 cm³/mol. The molecular formula is C9H14F2O2. The summed E-state index contributed by atoms with van der Waals surface area (Å²) in [6.07, 6.45) is 0.927. The Kier molecular flexibility index (Phi) is 2.88. The number of carbonyl (C=O) groups is 1. The molecule has 1 saturated carbocycles. The molecule has 4 heteroatoms. The van der Waals surface area contributed by atoms with Crippen molar-refractivity contribution in [1.29, 1.82) is 0 Å². The highest BCUT2D eigenvalue weighted by Crippen LogP contribution is 2.45. The molecule has 2 atom stereocenters. The molecule has 1 N–H and O–H groups in total. The molecular weight excluding hydrogens is 178 g/mol. The zero-order valence-corrected chi connectivity index (χ0v) is 7.59. The van der Waals surface area contributed by atoms with E-state index in [9.17, 15) is 13.6 Å². The number of rotatable bonds is 3. The van der Waals surface area contributed by atoms with Crippen molar-refractivity contribution in [3.63, 3.8) is 0 Å². The first kappa shape index (κ1) is 10.4. The highest BCUT2D eigenvalue weighted by molar-refractivity contribution is 5.70. The molecule has 0 aromatic heterocycles. The quantitative estimate of drug-likeness (QED) is 0.746. The zero-order valence-electron chi connectivity index (χ0n) is 7.59. The summed E-state index contributed by atoms with van der Waals surface area (Å²) < 4.78 is 26.3. The van der Waals surface area contributed by atoms with Crippen molar-refractivity contribution in [3.05, 3.63) is 0 Å². The maximum absolute atomic E-state index is 13.1. The molecule has 0 aliphatic heterocycles. The molecule has 1 rings (SSSR count). The normalized spacial score (nSPS) is 28.7. The minimum absolute atomic E-state index is 0.151. The van der Waals surface area contributed by atoms with Gasteiger partial charge >= 0.3 is 5.97 Å². The standard InChI is InChI=1S/C9H14F2O2/c1-2-6(8(12)13)7-4-3-5-9(7,10)11/h6-7H,2-5H2,1H3,(H,12,13). The van der Waals surface area contributed by atoms with Crippen molar-refractivity contribution in [2.75, 3.05) is 0 Å². The molecule has 0 heterocycles. The maximum Gasteiger partial charge on any atom is 0.306 e. The first-order valence-corrected chi connectivity index (χ1v) is 4.59. The number of carboxylic acids is 1. The topological polar surface area (TPSA) is 37.3 Å². The minimum Gasteiger partial charge on any atom is -0.481 e. The molecule has 2 nitrogen and oxygen atoms in total. The Hall–Kier alpha value is -0.670. The van der Waals surface area contributed by atoms with E-state index in [2.05, 4.69) is 0 Å². The van der Waals surface area contributed by atoms with Crippen molar-refractivity contribution in [2.24, 2.45) is 11.8 Å². The van der Waals surface area contributed by atoms with Crippen LogP contribution >= 0.6 is 0 Å². The minimum atomic E-state index is -2.76. The van der Waals surface area contributed by atoms with Gasteiger partial charge in [0.2, 0.25) is 0 Å². The highest BCUT2D eigenvalue weighted by atomic mass is 19.3. The largest absolute Gasteiger partial charge is 0.481 e. The van der Waals surface area contributed by atoms with Gasteiger partial charge in [-0.2, -0.15) is 0 Å². The molecule has 2 unspecified atom stereocenters. The lowest BCUT2D eigenvalue weighted by Crippen LogP contribution is -2.33. The summed E-state index contributed by atoms with van der Waals surface area (Å²) in [5.41, 5.74) is 0. The van der Waals surface area contributed by atoms with Gasteiger partial charge < -0.3 is 5.11 Å². The molecule has 0 saturated heterocycles. The second kappa shape index (κ2) is 3.60. The van der Waals surface area contributed by atoms with E-state index >= 15 is 0 Å². The Labute approximate surface area is 75.9 Å². The molecule has 0 amide bonds. The van der Waals surface area contributed by atoms with Crippen LogP contribution in [0.25, 0.3) is 0 Å². The van der Waals surface area contributed by atoms with Crippen LogP contribution in [0.3, 0.4) is 0 Å². The summed E-state index contributed by atoms with van der Waals surface area (Å²) >= 11 is 0. The number of hydrogen-bond acceptors (Lipinski definition) is 1. The summed E-state index contributed by atoms with van der Waals surface area (Å²) in [6, 6.07) is 0. The van der Waals surface area contributed by atoms with Crippen LogP contribution in [0.4, 0.5) is 8.78 Å². The Morgan fingerprint density at radius 3 is 2.62 bits per heavy atom. The lowest BCUT2D eigenvalue weighted by molar-refractivity contribution is -0.150. The third kappa shape index (κ3) is 1.98. The second-order valence-corrected chi connectivity index (χ2v) is 3.61. The van der Waals surface area contributed by atoms with E-state index in [4.69, 9.17) is 5.11 Å². The first-order chi connectivity index (χ1) is 5.99. The van der Waals surface area contributed by atoms with Gasteiger partial charge in [0.15, 0.2) is 0 Å². The lowest BCUT2D eigenvalue weighted by Gasteiger charge is -2.24. The molecule has 1 aliphatic carbocycles. The van der Waals surface area contributed by atoms with Gasteiger partial charge in [0, 0.05) is 12.3 Å². The van der Waals surface area contributed by atoms with E-state index in [0.717, 1.165) is 0 Å². The summed E-state index contributed by atoms with van der Waals surface area (Å²) in [6.45, 7) is 1.65. The lowest BCUT2D eigenvalue weighted by atomic mass is 9.87. The van der Waals surface area contributed by atoms with Gasteiger partial charge in [-0.1, -0.05) is 6.92 Å². The number of aliphatic carboxylic acids is 1. The van der Waals surface area contributed by atoms with Crippen molar-refractivity contribution < 1.29 is 18.7 Å². The van der Waals surface area contributed by atoms with E-state index in [-0.39, 0.29) is 12.8 Å².